The Morgan fingerprint density at radius 2 is 1.56 bits per heavy atom. The van der Waals surface area contributed by atoms with Crippen molar-refractivity contribution in [1.82, 2.24) is 5.32 Å². The van der Waals surface area contributed by atoms with Crippen molar-refractivity contribution in [2.45, 2.75) is 38.4 Å². The summed E-state index contributed by atoms with van der Waals surface area (Å²) in [5, 5.41) is 2.13. The zero-order valence-corrected chi connectivity index (χ0v) is 22.0. The normalized spacial score (nSPS) is 21.2. The molecule has 1 aromatic rings. The number of aliphatic imine (C=N–C) groups is 1. The predicted octanol–water partition coefficient (Wildman–Crippen LogP) is -0.173. The lowest BCUT2D eigenvalue weighted by atomic mass is 9.92. The van der Waals surface area contributed by atoms with Crippen LogP contribution in [0.25, 0.3) is 0 Å². The lowest BCUT2D eigenvalue weighted by Crippen LogP contribution is -2.45. The molecule has 0 saturated carbocycles. The molecular weight excluding hydrogens is 520 g/mol. The summed E-state index contributed by atoms with van der Waals surface area (Å²) in [5.74, 6) is -8.92. The number of nitrogens with zero attached hydrogens (tertiary/aromatic N) is 1. The topological polar surface area (TPSA) is 182 Å². The van der Waals surface area contributed by atoms with E-state index in [1.807, 2.05) is 0 Å². The molecule has 5 atom stereocenters. The smallest absolute Gasteiger partial charge is 0.321 e. The van der Waals surface area contributed by atoms with Crippen LogP contribution in [-0.2, 0) is 52.4 Å². The third-order valence-electron chi connectivity index (χ3n) is 5.55. The van der Waals surface area contributed by atoms with Gasteiger partial charge < -0.3 is 28.4 Å². The first-order valence-electron chi connectivity index (χ1n) is 11.6. The van der Waals surface area contributed by atoms with E-state index in [1.54, 1.807) is 18.2 Å². The SMILES string of the molecule is COC(=O)C(C(=O)OC)C(C=NC1OC(COC(C)=O)C(OC(C)=O)C1OC)C(=O)NC(=O)c1ccccc1. The number of methoxy groups -OCH3 is 3. The van der Waals surface area contributed by atoms with E-state index >= 15 is 0 Å². The van der Waals surface area contributed by atoms with Gasteiger partial charge in [-0.15, -0.1) is 0 Å². The van der Waals surface area contributed by atoms with Gasteiger partial charge in [-0.05, 0) is 12.1 Å². The fourth-order valence-corrected chi connectivity index (χ4v) is 3.73. The molecule has 14 nitrogen and oxygen atoms in total. The van der Waals surface area contributed by atoms with Crippen molar-refractivity contribution in [2.75, 3.05) is 27.9 Å². The highest BCUT2D eigenvalue weighted by Crippen LogP contribution is 2.28. The highest BCUT2D eigenvalue weighted by atomic mass is 16.6. The minimum atomic E-state index is -1.84. The van der Waals surface area contributed by atoms with E-state index in [1.165, 1.54) is 26.2 Å². The molecule has 0 radical (unpaired) electrons. The zero-order chi connectivity index (χ0) is 29.1. The first-order valence-corrected chi connectivity index (χ1v) is 11.6. The minimum absolute atomic E-state index is 0.144. The molecule has 1 saturated heterocycles. The van der Waals surface area contributed by atoms with Crippen molar-refractivity contribution in [3.63, 3.8) is 0 Å². The molecule has 1 aromatic carbocycles. The number of ether oxygens (including phenoxy) is 6. The Morgan fingerprint density at radius 3 is 2.08 bits per heavy atom. The van der Waals surface area contributed by atoms with Crippen LogP contribution in [0.5, 0.6) is 0 Å². The van der Waals surface area contributed by atoms with Gasteiger partial charge in [-0.2, -0.15) is 0 Å². The number of hydrogen-bond acceptors (Lipinski definition) is 13. The summed E-state index contributed by atoms with van der Waals surface area (Å²) in [6.45, 7) is 2.04. The number of esters is 4. The summed E-state index contributed by atoms with van der Waals surface area (Å²) in [5.41, 5.74) is 0.144. The number of carbonyl (C=O) groups excluding carboxylic acids is 6. The summed E-state index contributed by atoms with van der Waals surface area (Å²) < 4.78 is 30.7. The maximum atomic E-state index is 13.2. The fraction of sp³-hybridized carbons (Fsp3) is 0.480. The van der Waals surface area contributed by atoms with Crippen LogP contribution in [0.15, 0.2) is 35.3 Å². The van der Waals surface area contributed by atoms with Crippen molar-refractivity contribution in [1.29, 1.82) is 0 Å². The third-order valence-corrected chi connectivity index (χ3v) is 5.55. The van der Waals surface area contributed by atoms with Crippen molar-refractivity contribution in [3.05, 3.63) is 35.9 Å². The van der Waals surface area contributed by atoms with E-state index in [0.717, 1.165) is 27.4 Å². The Kier molecular flexibility index (Phi) is 11.7. The lowest BCUT2D eigenvalue weighted by Gasteiger charge is -2.22. The summed E-state index contributed by atoms with van der Waals surface area (Å²) in [6.07, 6.45) is -3.40. The molecule has 2 rings (SSSR count). The average Bonchev–Trinajstić information content (AvgIpc) is 3.24. The van der Waals surface area contributed by atoms with Gasteiger partial charge in [0, 0.05) is 32.7 Å². The minimum Gasteiger partial charge on any atom is -0.468 e. The molecule has 39 heavy (non-hydrogen) atoms. The van der Waals surface area contributed by atoms with E-state index in [0.29, 0.717) is 0 Å². The van der Waals surface area contributed by atoms with Gasteiger partial charge in [0.2, 0.25) is 5.91 Å². The van der Waals surface area contributed by atoms with Gasteiger partial charge >= 0.3 is 23.9 Å². The largest absolute Gasteiger partial charge is 0.468 e. The monoisotopic (exact) mass is 550 g/mol. The Morgan fingerprint density at radius 1 is 0.949 bits per heavy atom. The van der Waals surface area contributed by atoms with Crippen molar-refractivity contribution in [3.8, 4) is 0 Å². The lowest BCUT2D eigenvalue weighted by molar-refractivity contribution is -0.162. The van der Waals surface area contributed by atoms with E-state index in [9.17, 15) is 28.8 Å². The van der Waals surface area contributed by atoms with E-state index in [2.05, 4.69) is 19.8 Å². The number of amides is 2. The van der Waals surface area contributed by atoms with Crippen LogP contribution >= 0.6 is 0 Å². The molecule has 1 aliphatic rings. The van der Waals surface area contributed by atoms with Gasteiger partial charge in [-0.1, -0.05) is 18.2 Å². The molecule has 1 fully saturated rings. The second-order valence-electron chi connectivity index (χ2n) is 8.17. The molecule has 212 valence electrons. The number of nitrogens with one attached hydrogen (secondary N) is 1. The van der Waals surface area contributed by atoms with Crippen LogP contribution in [-0.4, -0.2) is 94.4 Å². The van der Waals surface area contributed by atoms with E-state index < -0.39 is 72.1 Å². The van der Waals surface area contributed by atoms with Gasteiger partial charge in [0.15, 0.2) is 18.2 Å². The van der Waals surface area contributed by atoms with Gasteiger partial charge in [0.05, 0.1) is 20.1 Å². The fourth-order valence-electron chi connectivity index (χ4n) is 3.73. The van der Waals surface area contributed by atoms with Crippen molar-refractivity contribution in [2.24, 2.45) is 16.8 Å². The third kappa shape index (κ3) is 8.41. The Hall–Kier alpha value is -4.17. The van der Waals surface area contributed by atoms with Gasteiger partial charge in [0.1, 0.15) is 18.8 Å². The standard InChI is InChI=1S/C25H30N2O12/c1-13(28)37-12-17-19(38-14(2)29)20(34-3)23(39-17)26-11-16(18(24(32)35-4)25(33)36-5)22(31)27-21(30)15-9-7-6-8-10-15/h6-11,16-20,23H,12H2,1-5H3,(H,27,30,31). The van der Waals surface area contributed by atoms with E-state index in [-0.39, 0.29) is 12.2 Å². The predicted molar refractivity (Wildman–Crippen MR) is 130 cm³/mol. The summed E-state index contributed by atoms with van der Waals surface area (Å²) in [7, 11) is 3.30. The number of hydrogen-bond donors (Lipinski definition) is 1. The molecule has 0 spiro atoms. The highest BCUT2D eigenvalue weighted by Gasteiger charge is 2.48. The second-order valence-corrected chi connectivity index (χ2v) is 8.17. The van der Waals surface area contributed by atoms with Crippen LogP contribution in [0, 0.1) is 11.8 Å². The molecule has 1 heterocycles. The van der Waals surface area contributed by atoms with E-state index in [4.69, 9.17) is 18.9 Å². The molecule has 0 bridgehead atoms. The molecule has 0 aliphatic carbocycles. The van der Waals surface area contributed by atoms with Gasteiger partial charge in [-0.3, -0.25) is 39.1 Å². The average molecular weight is 551 g/mol. The number of imide groups is 1. The molecule has 5 unspecified atom stereocenters. The maximum absolute atomic E-state index is 13.2. The Bertz CT molecular complexity index is 1070. The van der Waals surface area contributed by atoms with Gasteiger partial charge in [0.25, 0.3) is 5.91 Å². The maximum Gasteiger partial charge on any atom is 0.321 e. The van der Waals surface area contributed by atoms with Crippen LogP contribution in [0.4, 0.5) is 0 Å². The first kappa shape index (κ1) is 31.1. The highest BCUT2D eigenvalue weighted by molar-refractivity contribution is 6.12. The van der Waals surface area contributed by atoms with Gasteiger partial charge in [-0.25, -0.2) is 0 Å². The van der Waals surface area contributed by atoms with Crippen LogP contribution in [0.2, 0.25) is 0 Å². The molecule has 1 aliphatic heterocycles. The Labute approximate surface area is 223 Å². The molecule has 1 N–H and O–H groups in total. The number of rotatable bonds is 11. The summed E-state index contributed by atoms with van der Waals surface area (Å²) in [6, 6.07) is 7.75. The second kappa shape index (κ2) is 14.7. The zero-order valence-electron chi connectivity index (χ0n) is 22.0. The Balaban J connectivity index is 2.42. The number of benzene rings is 1. The molecule has 2 amide bonds. The van der Waals surface area contributed by atoms with Crippen molar-refractivity contribution >= 4 is 41.9 Å². The van der Waals surface area contributed by atoms with Crippen molar-refractivity contribution < 1.29 is 57.2 Å². The molecule has 14 heteroatoms. The molecule has 0 aromatic heterocycles. The quantitative estimate of drug-likeness (QED) is 0.166. The molecular formula is C25H30N2O12. The summed E-state index contributed by atoms with van der Waals surface area (Å²) >= 11 is 0. The van der Waals surface area contributed by atoms with Crippen LogP contribution in [0.1, 0.15) is 24.2 Å². The number of carbonyl (C=O) groups is 6. The summed E-state index contributed by atoms with van der Waals surface area (Å²) in [4.78, 5) is 77.9. The first-order chi connectivity index (χ1) is 18.5. The van der Waals surface area contributed by atoms with Crippen LogP contribution < -0.4 is 5.32 Å². The van der Waals surface area contributed by atoms with Crippen LogP contribution in [0.3, 0.4) is 0 Å².